The summed E-state index contributed by atoms with van der Waals surface area (Å²) in [4.78, 5) is 0. The number of aromatic nitrogens is 3. The minimum Gasteiger partial charge on any atom is -0.469 e. The van der Waals surface area contributed by atoms with Crippen LogP contribution < -0.4 is 5.73 Å². The first kappa shape index (κ1) is 10.0. The number of fused-ring (bicyclic) bond motifs is 1. The van der Waals surface area contributed by atoms with E-state index in [4.69, 9.17) is 10.2 Å². The van der Waals surface area contributed by atoms with E-state index in [9.17, 15) is 0 Å². The second kappa shape index (κ2) is 4.03. The summed E-state index contributed by atoms with van der Waals surface area (Å²) in [5, 5.41) is 8.28. The fourth-order valence-electron chi connectivity index (χ4n) is 1.80. The summed E-state index contributed by atoms with van der Waals surface area (Å²) in [5.74, 6) is 1.74. The topological polar surface area (TPSA) is 69.3 Å². The van der Waals surface area contributed by atoms with Crippen molar-refractivity contribution in [2.75, 3.05) is 0 Å². The highest BCUT2D eigenvalue weighted by molar-refractivity contribution is 5.41. The van der Waals surface area contributed by atoms with E-state index in [-0.39, 0.29) is 0 Å². The van der Waals surface area contributed by atoms with Gasteiger partial charge in [-0.15, -0.1) is 10.2 Å². The van der Waals surface area contributed by atoms with Gasteiger partial charge >= 0.3 is 0 Å². The van der Waals surface area contributed by atoms with Crippen LogP contribution in [0.1, 0.15) is 17.1 Å². The Morgan fingerprint density at radius 1 is 1.29 bits per heavy atom. The van der Waals surface area contributed by atoms with Crippen LogP contribution in [0.25, 0.3) is 5.65 Å². The third kappa shape index (κ3) is 1.81. The lowest BCUT2D eigenvalue weighted by atomic mass is 10.2. The van der Waals surface area contributed by atoms with E-state index in [1.54, 1.807) is 6.26 Å². The van der Waals surface area contributed by atoms with Crippen molar-refractivity contribution in [2.45, 2.75) is 13.0 Å². The maximum atomic E-state index is 5.58. The summed E-state index contributed by atoms with van der Waals surface area (Å²) < 4.78 is 7.25. The Morgan fingerprint density at radius 3 is 3.00 bits per heavy atom. The van der Waals surface area contributed by atoms with Gasteiger partial charge in [0.05, 0.1) is 12.7 Å². The smallest absolute Gasteiger partial charge is 0.161 e. The minimum absolute atomic E-state index is 0.511. The molecule has 0 atom stereocenters. The van der Waals surface area contributed by atoms with E-state index in [1.165, 1.54) is 0 Å². The molecule has 0 saturated carbocycles. The molecule has 3 heterocycles. The third-order valence-electron chi connectivity index (χ3n) is 2.69. The molecule has 3 aromatic heterocycles. The molecule has 0 aliphatic rings. The fourth-order valence-corrected chi connectivity index (χ4v) is 1.80. The van der Waals surface area contributed by atoms with E-state index < -0.39 is 0 Å². The van der Waals surface area contributed by atoms with Crippen LogP contribution in [-0.2, 0) is 13.0 Å². The van der Waals surface area contributed by atoms with Crippen molar-refractivity contribution in [1.29, 1.82) is 0 Å². The first-order valence-corrected chi connectivity index (χ1v) is 5.42. The van der Waals surface area contributed by atoms with Crippen LogP contribution >= 0.6 is 0 Å². The largest absolute Gasteiger partial charge is 0.469 e. The number of furan rings is 1. The van der Waals surface area contributed by atoms with E-state index >= 15 is 0 Å². The molecule has 3 rings (SSSR count). The predicted molar refractivity (Wildman–Crippen MR) is 62.4 cm³/mol. The Hall–Kier alpha value is -2.14. The minimum atomic E-state index is 0.511. The molecule has 0 bridgehead atoms. The SMILES string of the molecule is NCc1ccn2c(Cc3ccco3)nnc2c1. The predicted octanol–water partition coefficient (Wildman–Crippen LogP) is 1.37. The van der Waals surface area contributed by atoms with Gasteiger partial charge in [-0.25, -0.2) is 0 Å². The van der Waals surface area contributed by atoms with E-state index in [2.05, 4.69) is 10.2 Å². The standard InChI is InChI=1S/C12H12N4O/c13-8-9-3-4-16-11(6-9)14-15-12(16)7-10-2-1-5-17-10/h1-6H,7-8,13H2. The van der Waals surface area contributed by atoms with E-state index in [0.29, 0.717) is 13.0 Å². The third-order valence-corrected chi connectivity index (χ3v) is 2.69. The Kier molecular flexibility index (Phi) is 2.38. The van der Waals surface area contributed by atoms with Crippen molar-refractivity contribution in [2.24, 2.45) is 5.73 Å². The van der Waals surface area contributed by atoms with Gasteiger partial charge in [0.15, 0.2) is 5.65 Å². The molecular weight excluding hydrogens is 216 g/mol. The summed E-state index contributed by atoms with van der Waals surface area (Å²) in [6.07, 6.45) is 4.23. The lowest BCUT2D eigenvalue weighted by Gasteiger charge is -1.99. The molecule has 0 aromatic carbocycles. The highest BCUT2D eigenvalue weighted by Crippen LogP contribution is 2.11. The number of rotatable bonds is 3. The molecule has 86 valence electrons. The first-order chi connectivity index (χ1) is 8.36. The fraction of sp³-hybridized carbons (Fsp3) is 0.167. The maximum absolute atomic E-state index is 5.58. The van der Waals surface area contributed by atoms with Gasteiger partial charge in [0.25, 0.3) is 0 Å². The van der Waals surface area contributed by atoms with Crippen LogP contribution in [0.4, 0.5) is 0 Å². The normalized spacial score (nSPS) is 11.1. The van der Waals surface area contributed by atoms with Crippen LogP contribution in [0.3, 0.4) is 0 Å². The van der Waals surface area contributed by atoms with Gasteiger partial charge in [-0.3, -0.25) is 4.40 Å². The number of hydrogen-bond donors (Lipinski definition) is 1. The van der Waals surface area contributed by atoms with Gasteiger partial charge in [-0.1, -0.05) is 0 Å². The zero-order chi connectivity index (χ0) is 11.7. The molecule has 0 unspecified atom stereocenters. The summed E-state index contributed by atoms with van der Waals surface area (Å²) in [6, 6.07) is 7.71. The highest BCUT2D eigenvalue weighted by atomic mass is 16.3. The Morgan fingerprint density at radius 2 is 2.24 bits per heavy atom. The molecule has 5 heteroatoms. The molecule has 0 fully saturated rings. The molecule has 0 radical (unpaired) electrons. The van der Waals surface area contributed by atoms with Gasteiger partial charge in [-0.2, -0.15) is 0 Å². The van der Waals surface area contributed by atoms with Crippen molar-refractivity contribution in [1.82, 2.24) is 14.6 Å². The Balaban J connectivity index is 2.00. The summed E-state index contributed by atoms with van der Waals surface area (Å²) in [6.45, 7) is 0.511. The van der Waals surface area contributed by atoms with Gasteiger partial charge < -0.3 is 10.2 Å². The molecule has 0 aliphatic heterocycles. The quantitative estimate of drug-likeness (QED) is 0.735. The average Bonchev–Trinajstić information content (AvgIpc) is 2.99. The van der Waals surface area contributed by atoms with Crippen molar-refractivity contribution in [3.8, 4) is 0 Å². The number of nitrogens with zero attached hydrogens (tertiary/aromatic N) is 3. The van der Waals surface area contributed by atoms with Crippen molar-refractivity contribution in [3.05, 3.63) is 53.9 Å². The number of hydrogen-bond acceptors (Lipinski definition) is 4. The van der Waals surface area contributed by atoms with Crippen LogP contribution in [0.5, 0.6) is 0 Å². The van der Waals surface area contributed by atoms with E-state index in [1.807, 2.05) is 34.9 Å². The van der Waals surface area contributed by atoms with Gasteiger partial charge in [0.2, 0.25) is 0 Å². The summed E-state index contributed by atoms with van der Waals surface area (Å²) >= 11 is 0. The van der Waals surface area contributed by atoms with Crippen LogP contribution in [0.2, 0.25) is 0 Å². The molecule has 0 aliphatic carbocycles. The molecule has 0 spiro atoms. The first-order valence-electron chi connectivity index (χ1n) is 5.42. The summed E-state index contributed by atoms with van der Waals surface area (Å²) in [5.41, 5.74) is 7.45. The second-order valence-electron chi connectivity index (χ2n) is 3.84. The van der Waals surface area contributed by atoms with Crippen LogP contribution in [-0.4, -0.2) is 14.6 Å². The molecule has 17 heavy (non-hydrogen) atoms. The molecule has 5 nitrogen and oxygen atoms in total. The zero-order valence-corrected chi connectivity index (χ0v) is 9.21. The van der Waals surface area contributed by atoms with Crippen molar-refractivity contribution < 1.29 is 4.42 Å². The van der Waals surface area contributed by atoms with Gasteiger partial charge in [0, 0.05) is 12.7 Å². The van der Waals surface area contributed by atoms with E-state index in [0.717, 1.165) is 22.8 Å². The monoisotopic (exact) mass is 228 g/mol. The van der Waals surface area contributed by atoms with Gasteiger partial charge in [0.1, 0.15) is 11.6 Å². The zero-order valence-electron chi connectivity index (χ0n) is 9.21. The second-order valence-corrected chi connectivity index (χ2v) is 3.84. The maximum Gasteiger partial charge on any atom is 0.161 e. The number of nitrogens with two attached hydrogens (primary N) is 1. The van der Waals surface area contributed by atoms with Crippen molar-refractivity contribution in [3.63, 3.8) is 0 Å². The molecule has 0 saturated heterocycles. The molecule has 0 amide bonds. The highest BCUT2D eigenvalue weighted by Gasteiger charge is 2.07. The van der Waals surface area contributed by atoms with Crippen LogP contribution in [0, 0.1) is 0 Å². The van der Waals surface area contributed by atoms with Crippen molar-refractivity contribution >= 4 is 5.65 Å². The Labute approximate surface area is 97.9 Å². The lowest BCUT2D eigenvalue weighted by Crippen LogP contribution is -1.99. The average molecular weight is 228 g/mol. The molecular formula is C12H12N4O. The molecule has 3 aromatic rings. The lowest BCUT2D eigenvalue weighted by molar-refractivity contribution is 0.516. The van der Waals surface area contributed by atoms with Crippen LogP contribution in [0.15, 0.2) is 41.1 Å². The number of pyridine rings is 1. The molecule has 2 N–H and O–H groups in total. The Bertz CT molecular complexity index is 627. The van der Waals surface area contributed by atoms with Gasteiger partial charge in [-0.05, 0) is 29.8 Å². The summed E-state index contributed by atoms with van der Waals surface area (Å²) in [7, 11) is 0.